The van der Waals surface area contributed by atoms with Crippen LogP contribution in [0.25, 0.3) is 11.0 Å². The maximum Gasteiger partial charge on any atom is 0.245 e. The van der Waals surface area contributed by atoms with Gasteiger partial charge < -0.3 is 5.32 Å². The van der Waals surface area contributed by atoms with E-state index in [9.17, 15) is 13.2 Å². The fourth-order valence-corrected chi connectivity index (χ4v) is 6.41. The number of fused-ring (bicyclic) bond motifs is 1. The Bertz CT molecular complexity index is 1180. The second kappa shape index (κ2) is 9.02. The molecule has 1 atom stereocenters. The van der Waals surface area contributed by atoms with E-state index in [-0.39, 0.29) is 17.3 Å². The van der Waals surface area contributed by atoms with Crippen molar-refractivity contribution in [2.45, 2.75) is 44.4 Å². The third-order valence-electron chi connectivity index (χ3n) is 5.87. The van der Waals surface area contributed by atoms with Crippen LogP contribution in [-0.2, 0) is 27.7 Å². The molecule has 31 heavy (non-hydrogen) atoms. The number of para-hydroxylation sites is 1. The number of hydrogen-bond donors (Lipinski definition) is 1. The van der Waals surface area contributed by atoms with Gasteiger partial charge in [0.1, 0.15) is 15.9 Å². The second-order valence-corrected chi connectivity index (χ2v) is 10.2. The van der Waals surface area contributed by atoms with Gasteiger partial charge in [-0.2, -0.15) is 13.1 Å². The number of anilines is 1. The molecule has 2 heterocycles. The van der Waals surface area contributed by atoms with E-state index in [1.807, 2.05) is 18.2 Å². The first kappa shape index (κ1) is 21.9. The molecule has 1 amide bonds. The van der Waals surface area contributed by atoms with E-state index in [4.69, 9.17) is 0 Å². The first-order valence-corrected chi connectivity index (χ1v) is 12.8. The van der Waals surface area contributed by atoms with Crippen LogP contribution in [0, 0.1) is 5.92 Å². The number of nitrogens with zero attached hydrogens (tertiary/aromatic N) is 3. The van der Waals surface area contributed by atoms with Gasteiger partial charge in [-0.05, 0) is 48.9 Å². The molecule has 3 aromatic rings. The molecule has 0 spiro atoms. The standard InChI is InChI=1S/C22H26N4O3S2/c1-3-15-8-5-9-16(4-2)20(15)23-22(27)17-10-7-13-26(14-17)31(28,29)19-12-6-11-18-21(19)25-30-24-18/h5-6,8-9,11-12,17H,3-4,7,10,13-14H2,1-2H3,(H,23,27)/t17-/m1/s1. The highest BCUT2D eigenvalue weighted by Gasteiger charge is 2.35. The quantitative estimate of drug-likeness (QED) is 0.606. The Labute approximate surface area is 186 Å². The van der Waals surface area contributed by atoms with Gasteiger partial charge in [-0.3, -0.25) is 4.79 Å². The highest BCUT2D eigenvalue weighted by atomic mass is 32.2. The molecule has 1 fully saturated rings. The second-order valence-electron chi connectivity index (χ2n) is 7.74. The van der Waals surface area contributed by atoms with Gasteiger partial charge in [-0.15, -0.1) is 0 Å². The first-order valence-electron chi connectivity index (χ1n) is 10.6. The lowest BCUT2D eigenvalue weighted by molar-refractivity contribution is -0.120. The summed E-state index contributed by atoms with van der Waals surface area (Å²) >= 11 is 0.996. The molecule has 0 unspecified atom stereocenters. The number of carbonyl (C=O) groups is 1. The summed E-state index contributed by atoms with van der Waals surface area (Å²) in [5, 5.41) is 3.11. The molecular weight excluding hydrogens is 432 g/mol. The zero-order valence-electron chi connectivity index (χ0n) is 17.7. The van der Waals surface area contributed by atoms with E-state index in [2.05, 4.69) is 27.9 Å². The minimum atomic E-state index is -3.77. The Morgan fingerprint density at radius 1 is 1.13 bits per heavy atom. The van der Waals surface area contributed by atoms with Crippen molar-refractivity contribution in [3.63, 3.8) is 0 Å². The lowest BCUT2D eigenvalue weighted by Crippen LogP contribution is -2.43. The summed E-state index contributed by atoms with van der Waals surface area (Å²) in [5.74, 6) is -0.519. The molecule has 1 aliphatic rings. The largest absolute Gasteiger partial charge is 0.325 e. The van der Waals surface area contributed by atoms with Crippen LogP contribution in [0.5, 0.6) is 0 Å². The summed E-state index contributed by atoms with van der Waals surface area (Å²) in [6, 6.07) is 11.0. The zero-order chi connectivity index (χ0) is 22.0. The molecular formula is C22H26N4O3S2. The molecule has 1 aromatic heterocycles. The highest BCUT2D eigenvalue weighted by molar-refractivity contribution is 7.89. The van der Waals surface area contributed by atoms with Gasteiger partial charge in [0.05, 0.1) is 17.6 Å². The normalized spacial score (nSPS) is 17.7. The van der Waals surface area contributed by atoms with Crippen LogP contribution in [-0.4, -0.2) is 40.5 Å². The fraction of sp³-hybridized carbons (Fsp3) is 0.409. The Balaban J connectivity index is 1.56. The number of hydrogen-bond acceptors (Lipinski definition) is 6. The molecule has 0 saturated carbocycles. The highest BCUT2D eigenvalue weighted by Crippen LogP contribution is 2.29. The summed E-state index contributed by atoms with van der Waals surface area (Å²) < 4.78 is 36.5. The third kappa shape index (κ3) is 4.22. The molecule has 7 nitrogen and oxygen atoms in total. The maximum atomic E-state index is 13.4. The van der Waals surface area contributed by atoms with E-state index < -0.39 is 15.9 Å². The van der Waals surface area contributed by atoms with Gasteiger partial charge in [0.15, 0.2) is 0 Å². The van der Waals surface area contributed by atoms with Gasteiger partial charge in [-0.1, -0.05) is 38.1 Å². The van der Waals surface area contributed by atoms with Crippen LogP contribution >= 0.6 is 11.7 Å². The number of aryl methyl sites for hydroxylation is 2. The van der Waals surface area contributed by atoms with Crippen LogP contribution in [0.2, 0.25) is 0 Å². The van der Waals surface area contributed by atoms with Crippen molar-refractivity contribution in [2.75, 3.05) is 18.4 Å². The lowest BCUT2D eigenvalue weighted by Gasteiger charge is -2.31. The summed E-state index contributed by atoms with van der Waals surface area (Å²) in [6.07, 6.45) is 2.94. The van der Waals surface area contributed by atoms with Gasteiger partial charge in [0, 0.05) is 18.8 Å². The zero-order valence-corrected chi connectivity index (χ0v) is 19.3. The number of nitrogens with one attached hydrogen (secondary N) is 1. The number of carbonyl (C=O) groups excluding carboxylic acids is 1. The summed E-state index contributed by atoms with van der Waals surface area (Å²) in [4.78, 5) is 13.3. The van der Waals surface area contributed by atoms with E-state index in [0.29, 0.717) is 30.4 Å². The van der Waals surface area contributed by atoms with Crippen LogP contribution in [0.15, 0.2) is 41.3 Å². The molecule has 1 aliphatic heterocycles. The smallest absolute Gasteiger partial charge is 0.245 e. The monoisotopic (exact) mass is 458 g/mol. The molecule has 4 rings (SSSR count). The van der Waals surface area contributed by atoms with Crippen LogP contribution in [0.4, 0.5) is 5.69 Å². The topological polar surface area (TPSA) is 92.3 Å². The Morgan fingerprint density at radius 3 is 2.55 bits per heavy atom. The van der Waals surface area contributed by atoms with E-state index in [1.165, 1.54) is 4.31 Å². The Hall–Kier alpha value is -2.36. The predicted octanol–water partition coefficient (Wildman–Crippen LogP) is 3.86. The minimum absolute atomic E-state index is 0.121. The van der Waals surface area contributed by atoms with Crippen molar-refractivity contribution in [2.24, 2.45) is 5.92 Å². The van der Waals surface area contributed by atoms with Crippen LogP contribution < -0.4 is 5.32 Å². The number of rotatable bonds is 6. The van der Waals surface area contributed by atoms with Crippen molar-refractivity contribution in [1.29, 1.82) is 0 Å². The van der Waals surface area contributed by atoms with Gasteiger partial charge >= 0.3 is 0 Å². The fourth-order valence-electron chi connectivity index (χ4n) is 4.13. The first-order chi connectivity index (χ1) is 15.0. The maximum absolute atomic E-state index is 13.4. The average Bonchev–Trinajstić information content (AvgIpc) is 3.28. The molecule has 0 bridgehead atoms. The van der Waals surface area contributed by atoms with Crippen molar-refractivity contribution >= 4 is 44.4 Å². The van der Waals surface area contributed by atoms with E-state index >= 15 is 0 Å². The van der Waals surface area contributed by atoms with Crippen molar-refractivity contribution in [3.8, 4) is 0 Å². The van der Waals surface area contributed by atoms with Gasteiger partial charge in [-0.25, -0.2) is 8.42 Å². The number of benzene rings is 2. The molecule has 1 N–H and O–H groups in total. The molecule has 0 radical (unpaired) electrons. The molecule has 9 heteroatoms. The van der Waals surface area contributed by atoms with E-state index in [0.717, 1.165) is 41.4 Å². The van der Waals surface area contributed by atoms with Crippen molar-refractivity contribution in [1.82, 2.24) is 13.1 Å². The predicted molar refractivity (Wildman–Crippen MR) is 123 cm³/mol. The van der Waals surface area contributed by atoms with Gasteiger partial charge in [0.25, 0.3) is 0 Å². The Kier molecular flexibility index (Phi) is 6.36. The van der Waals surface area contributed by atoms with Crippen LogP contribution in [0.3, 0.4) is 0 Å². The number of piperidine rings is 1. The lowest BCUT2D eigenvalue weighted by atomic mass is 9.97. The number of aromatic nitrogens is 2. The molecule has 0 aliphatic carbocycles. The SMILES string of the molecule is CCc1cccc(CC)c1NC(=O)[C@@H]1CCCN(S(=O)(=O)c2cccc3nsnc23)C1. The van der Waals surface area contributed by atoms with Crippen molar-refractivity contribution in [3.05, 3.63) is 47.5 Å². The minimum Gasteiger partial charge on any atom is -0.325 e. The molecule has 2 aromatic carbocycles. The molecule has 1 saturated heterocycles. The number of sulfonamides is 1. The number of amides is 1. The van der Waals surface area contributed by atoms with Crippen LogP contribution in [0.1, 0.15) is 37.8 Å². The average molecular weight is 459 g/mol. The van der Waals surface area contributed by atoms with Crippen molar-refractivity contribution < 1.29 is 13.2 Å². The summed E-state index contributed by atoms with van der Waals surface area (Å²) in [7, 11) is -3.77. The summed E-state index contributed by atoms with van der Waals surface area (Å²) in [6.45, 7) is 4.68. The van der Waals surface area contributed by atoms with E-state index in [1.54, 1.807) is 18.2 Å². The third-order valence-corrected chi connectivity index (χ3v) is 8.31. The summed E-state index contributed by atoms with van der Waals surface area (Å²) in [5.41, 5.74) is 4.02. The molecule has 164 valence electrons. The van der Waals surface area contributed by atoms with Gasteiger partial charge in [0.2, 0.25) is 15.9 Å². The Morgan fingerprint density at radius 2 is 1.84 bits per heavy atom.